The third-order valence-electron chi connectivity index (χ3n) is 6.23. The molecule has 1 atom stereocenters. The number of piperidine rings is 1. The molecular formula is C24H24F2N2O5. The smallest absolute Gasteiger partial charge is 0.407 e. The fourth-order valence-corrected chi connectivity index (χ4v) is 4.47. The molecule has 1 heterocycles. The molecule has 0 bridgehead atoms. The van der Waals surface area contributed by atoms with E-state index >= 15 is 0 Å². The number of hydrogen-bond acceptors (Lipinski definition) is 4. The van der Waals surface area contributed by atoms with E-state index in [2.05, 4.69) is 5.32 Å². The first-order chi connectivity index (χ1) is 15.8. The van der Waals surface area contributed by atoms with Gasteiger partial charge in [0.05, 0.1) is 0 Å². The first kappa shape index (κ1) is 22.7. The minimum Gasteiger partial charge on any atom is -0.481 e. The lowest BCUT2D eigenvalue weighted by Gasteiger charge is -2.36. The normalized spacial score (nSPS) is 18.8. The van der Waals surface area contributed by atoms with Crippen LogP contribution in [-0.2, 0) is 14.3 Å². The number of ether oxygens (including phenoxy) is 1. The Morgan fingerprint density at radius 3 is 2.27 bits per heavy atom. The van der Waals surface area contributed by atoms with Crippen LogP contribution in [0.1, 0.15) is 29.9 Å². The molecule has 2 amide bonds. The summed E-state index contributed by atoms with van der Waals surface area (Å²) in [5, 5.41) is 11.5. The molecule has 0 aromatic heterocycles. The number of nitrogens with zero attached hydrogens (tertiary/aromatic N) is 1. The van der Waals surface area contributed by atoms with Gasteiger partial charge in [-0.1, -0.05) is 48.5 Å². The topological polar surface area (TPSA) is 95.9 Å². The molecule has 2 N–H and O–H groups in total. The number of nitrogens with one attached hydrogen (secondary N) is 1. The Balaban J connectivity index is 1.26. The Morgan fingerprint density at radius 2 is 1.67 bits per heavy atom. The van der Waals surface area contributed by atoms with Gasteiger partial charge in [-0.2, -0.15) is 0 Å². The number of benzene rings is 2. The number of aliphatic carboxylic acids is 1. The molecular weight excluding hydrogens is 434 g/mol. The summed E-state index contributed by atoms with van der Waals surface area (Å²) in [4.78, 5) is 36.7. The van der Waals surface area contributed by atoms with Crippen molar-refractivity contribution in [2.75, 3.05) is 26.2 Å². The van der Waals surface area contributed by atoms with Crippen LogP contribution >= 0.6 is 0 Å². The molecule has 0 radical (unpaired) electrons. The number of rotatable bonds is 6. The third-order valence-corrected chi connectivity index (χ3v) is 6.23. The van der Waals surface area contributed by atoms with Crippen molar-refractivity contribution in [3.05, 3.63) is 59.7 Å². The second kappa shape index (κ2) is 9.17. The fourth-order valence-electron chi connectivity index (χ4n) is 4.47. The van der Waals surface area contributed by atoms with Gasteiger partial charge in [0, 0.05) is 38.4 Å². The van der Waals surface area contributed by atoms with Crippen molar-refractivity contribution in [3.63, 3.8) is 0 Å². The predicted octanol–water partition coefficient (Wildman–Crippen LogP) is 3.48. The average Bonchev–Trinajstić information content (AvgIpc) is 3.11. The number of fused-ring (bicyclic) bond motifs is 3. The van der Waals surface area contributed by atoms with Crippen LogP contribution < -0.4 is 5.32 Å². The second-order valence-corrected chi connectivity index (χ2v) is 8.24. The summed E-state index contributed by atoms with van der Waals surface area (Å²) in [6.07, 6.45) is -1.52. The summed E-state index contributed by atoms with van der Waals surface area (Å²) >= 11 is 0. The summed E-state index contributed by atoms with van der Waals surface area (Å²) < 4.78 is 32.8. The lowest BCUT2D eigenvalue weighted by molar-refractivity contribution is -0.169. The van der Waals surface area contributed by atoms with Crippen molar-refractivity contribution < 1.29 is 33.0 Å². The number of halogens is 2. The quantitative estimate of drug-likeness (QED) is 0.691. The maximum absolute atomic E-state index is 13.7. The number of carbonyl (C=O) groups excluding carboxylic acids is 2. The van der Waals surface area contributed by atoms with Gasteiger partial charge in [-0.25, -0.2) is 13.6 Å². The van der Waals surface area contributed by atoms with Crippen LogP contribution in [0.15, 0.2) is 48.5 Å². The Bertz CT molecular complexity index is 1030. The van der Waals surface area contributed by atoms with Crippen LogP contribution in [-0.4, -0.2) is 60.1 Å². The van der Waals surface area contributed by atoms with E-state index in [-0.39, 0.29) is 32.0 Å². The van der Waals surface area contributed by atoms with E-state index in [1.54, 1.807) is 0 Å². The van der Waals surface area contributed by atoms with Crippen molar-refractivity contribution in [2.24, 2.45) is 5.92 Å². The number of carbonyl (C=O) groups is 3. The Kier molecular flexibility index (Phi) is 6.31. The van der Waals surface area contributed by atoms with Crippen LogP contribution in [0.2, 0.25) is 0 Å². The van der Waals surface area contributed by atoms with Gasteiger partial charge in [-0.05, 0) is 22.3 Å². The predicted molar refractivity (Wildman–Crippen MR) is 115 cm³/mol. The summed E-state index contributed by atoms with van der Waals surface area (Å²) in [6.45, 7) is -0.678. The molecule has 1 aliphatic carbocycles. The summed E-state index contributed by atoms with van der Waals surface area (Å²) in [7, 11) is 0. The van der Waals surface area contributed by atoms with Crippen molar-refractivity contribution in [3.8, 4) is 11.1 Å². The van der Waals surface area contributed by atoms with Crippen LogP contribution in [0.5, 0.6) is 0 Å². The number of carboxylic acid groups (broad SMARTS) is 1. The maximum atomic E-state index is 13.7. The van der Waals surface area contributed by atoms with Gasteiger partial charge in [0.15, 0.2) is 0 Å². The van der Waals surface area contributed by atoms with E-state index in [0.29, 0.717) is 0 Å². The van der Waals surface area contributed by atoms with E-state index in [0.717, 1.165) is 27.2 Å². The van der Waals surface area contributed by atoms with Gasteiger partial charge in [0.1, 0.15) is 12.5 Å². The Hall–Kier alpha value is -3.49. The maximum Gasteiger partial charge on any atom is 0.407 e. The lowest BCUT2D eigenvalue weighted by atomic mass is 9.93. The Morgan fingerprint density at radius 1 is 1.06 bits per heavy atom. The second-order valence-electron chi connectivity index (χ2n) is 8.24. The molecule has 1 aliphatic heterocycles. The summed E-state index contributed by atoms with van der Waals surface area (Å²) in [5.74, 6) is -7.48. The lowest BCUT2D eigenvalue weighted by Crippen LogP contribution is -2.52. The molecule has 33 heavy (non-hydrogen) atoms. The van der Waals surface area contributed by atoms with E-state index < -0.39 is 42.8 Å². The minimum absolute atomic E-state index is 0.0415. The number of alkyl carbamates (subject to hydrolysis) is 1. The molecule has 4 rings (SSSR count). The largest absolute Gasteiger partial charge is 0.481 e. The molecule has 0 saturated carbocycles. The van der Waals surface area contributed by atoms with Gasteiger partial charge in [0.2, 0.25) is 5.91 Å². The standard InChI is InChI=1S/C24H24F2N2O5/c25-24(26)10-12-28(13-20(24)22(30)31)21(29)9-11-27-23(32)33-14-19-17-7-3-1-5-15(17)16-6-2-4-8-18(16)19/h1-8,19-20H,9-14H2,(H,27,32)(H,30,31). The monoisotopic (exact) mass is 458 g/mol. The van der Waals surface area contributed by atoms with Gasteiger partial charge in [0.25, 0.3) is 5.92 Å². The highest BCUT2D eigenvalue weighted by Crippen LogP contribution is 2.44. The number of amides is 2. The molecule has 1 fully saturated rings. The van der Waals surface area contributed by atoms with Crippen LogP contribution in [0, 0.1) is 5.92 Å². The highest BCUT2D eigenvalue weighted by Gasteiger charge is 2.49. The van der Waals surface area contributed by atoms with Crippen LogP contribution in [0.4, 0.5) is 13.6 Å². The molecule has 174 valence electrons. The fraction of sp³-hybridized carbons (Fsp3) is 0.375. The minimum atomic E-state index is -3.35. The zero-order valence-corrected chi connectivity index (χ0v) is 17.8. The number of likely N-dealkylation sites (tertiary alicyclic amines) is 1. The molecule has 1 unspecified atom stereocenters. The highest BCUT2D eigenvalue weighted by atomic mass is 19.3. The molecule has 0 spiro atoms. The van der Waals surface area contributed by atoms with Crippen LogP contribution in [0.3, 0.4) is 0 Å². The molecule has 2 aliphatic rings. The van der Waals surface area contributed by atoms with Gasteiger partial charge < -0.3 is 20.1 Å². The SMILES string of the molecule is O=C(NCCC(=O)N1CCC(F)(F)C(C(=O)O)C1)OCC1c2ccccc2-c2ccccc21. The molecule has 2 aromatic carbocycles. The number of hydrogen-bond donors (Lipinski definition) is 2. The third kappa shape index (κ3) is 4.67. The first-order valence-electron chi connectivity index (χ1n) is 10.7. The van der Waals surface area contributed by atoms with Gasteiger partial charge >= 0.3 is 12.1 Å². The van der Waals surface area contributed by atoms with Crippen molar-refractivity contribution in [1.29, 1.82) is 0 Å². The number of alkyl halides is 2. The van der Waals surface area contributed by atoms with Gasteiger partial charge in [-0.3, -0.25) is 9.59 Å². The highest BCUT2D eigenvalue weighted by molar-refractivity contribution is 5.80. The number of carboxylic acids is 1. The Labute approximate surface area is 189 Å². The van der Waals surface area contributed by atoms with Crippen molar-refractivity contribution in [1.82, 2.24) is 10.2 Å². The summed E-state index contributed by atoms with van der Waals surface area (Å²) in [5.41, 5.74) is 4.38. The molecule has 9 heteroatoms. The molecule has 1 saturated heterocycles. The van der Waals surface area contributed by atoms with Crippen LogP contribution in [0.25, 0.3) is 11.1 Å². The van der Waals surface area contributed by atoms with Crippen molar-refractivity contribution in [2.45, 2.75) is 24.7 Å². The van der Waals surface area contributed by atoms with E-state index in [1.165, 1.54) is 0 Å². The average molecular weight is 458 g/mol. The zero-order chi connectivity index (χ0) is 23.6. The van der Waals surface area contributed by atoms with Gasteiger partial charge in [-0.15, -0.1) is 0 Å². The van der Waals surface area contributed by atoms with Crippen molar-refractivity contribution >= 4 is 18.0 Å². The van der Waals surface area contributed by atoms with E-state index in [1.807, 2.05) is 48.5 Å². The van der Waals surface area contributed by atoms with E-state index in [4.69, 9.17) is 9.84 Å². The van der Waals surface area contributed by atoms with E-state index in [9.17, 15) is 23.2 Å². The zero-order valence-electron chi connectivity index (χ0n) is 17.8. The first-order valence-corrected chi connectivity index (χ1v) is 10.7. The summed E-state index contributed by atoms with van der Waals surface area (Å²) in [6, 6.07) is 15.9. The molecule has 2 aromatic rings. The molecule has 7 nitrogen and oxygen atoms in total.